The molecular weight excluding hydrogens is 324 g/mol. The molecule has 0 heterocycles. The van der Waals surface area contributed by atoms with Crippen molar-refractivity contribution in [2.75, 3.05) is 0 Å². The van der Waals surface area contributed by atoms with Gasteiger partial charge in [-0.1, -0.05) is 91.7 Å². The van der Waals surface area contributed by atoms with E-state index in [0.29, 0.717) is 5.92 Å². The second-order valence-electron chi connectivity index (χ2n) is 7.89. The molecule has 0 aliphatic heterocycles. The highest BCUT2D eigenvalue weighted by atomic mass is 14.3. The van der Waals surface area contributed by atoms with Crippen molar-refractivity contribution in [1.29, 1.82) is 0 Å². The van der Waals surface area contributed by atoms with Gasteiger partial charge in [-0.05, 0) is 73.3 Å². The highest BCUT2D eigenvalue weighted by Gasteiger charge is 2.22. The molecule has 1 aliphatic rings. The maximum Gasteiger partial charge on any atom is -0.0165 e. The van der Waals surface area contributed by atoms with Gasteiger partial charge < -0.3 is 0 Å². The molecule has 0 fully saturated rings. The molecule has 0 bridgehead atoms. The number of hydrogen-bond donors (Lipinski definition) is 0. The van der Waals surface area contributed by atoms with E-state index in [4.69, 9.17) is 0 Å². The topological polar surface area (TPSA) is 0 Å². The first-order chi connectivity index (χ1) is 13.1. The molecular formula is C27H32. The van der Waals surface area contributed by atoms with Gasteiger partial charge in [0.1, 0.15) is 0 Å². The van der Waals surface area contributed by atoms with E-state index in [1.807, 2.05) is 0 Å². The van der Waals surface area contributed by atoms with Gasteiger partial charge in [-0.2, -0.15) is 0 Å². The maximum atomic E-state index is 4.24. The fourth-order valence-corrected chi connectivity index (χ4v) is 4.00. The van der Waals surface area contributed by atoms with Crippen LogP contribution in [-0.2, 0) is 0 Å². The summed E-state index contributed by atoms with van der Waals surface area (Å²) in [6.07, 6.45) is 8.34. The minimum atomic E-state index is 0.623. The Hall–Kier alpha value is -2.34. The van der Waals surface area contributed by atoms with Crippen LogP contribution in [-0.4, -0.2) is 0 Å². The number of rotatable bonds is 6. The zero-order valence-corrected chi connectivity index (χ0v) is 17.1. The van der Waals surface area contributed by atoms with Crippen molar-refractivity contribution in [1.82, 2.24) is 0 Å². The molecule has 0 unspecified atom stereocenters. The highest BCUT2D eigenvalue weighted by molar-refractivity contribution is 5.81. The van der Waals surface area contributed by atoms with Gasteiger partial charge in [-0.3, -0.25) is 0 Å². The van der Waals surface area contributed by atoms with Crippen LogP contribution in [0.2, 0.25) is 0 Å². The highest BCUT2D eigenvalue weighted by Crippen LogP contribution is 2.40. The fourth-order valence-electron chi connectivity index (χ4n) is 4.00. The Morgan fingerprint density at radius 1 is 1.04 bits per heavy atom. The minimum absolute atomic E-state index is 0.623. The number of allylic oxidation sites excluding steroid dienone is 5. The quantitative estimate of drug-likeness (QED) is 0.457. The molecule has 3 rings (SSSR count). The predicted octanol–water partition coefficient (Wildman–Crippen LogP) is 8.23. The summed E-state index contributed by atoms with van der Waals surface area (Å²) in [5, 5.41) is 0. The van der Waals surface area contributed by atoms with Crippen molar-refractivity contribution in [2.24, 2.45) is 5.92 Å². The molecule has 0 nitrogen and oxygen atoms in total. The lowest BCUT2D eigenvalue weighted by molar-refractivity contribution is 0.529. The Labute approximate surface area is 165 Å². The Bertz CT molecular complexity index is 831. The molecule has 0 aromatic heterocycles. The first kappa shape index (κ1) is 19.4. The molecule has 2 aromatic rings. The molecule has 2 aromatic carbocycles. The maximum absolute atomic E-state index is 4.24. The summed E-state index contributed by atoms with van der Waals surface area (Å²) >= 11 is 0. The third-order valence-electron chi connectivity index (χ3n) is 5.80. The zero-order valence-electron chi connectivity index (χ0n) is 17.1. The van der Waals surface area contributed by atoms with E-state index in [1.54, 1.807) is 11.1 Å². The van der Waals surface area contributed by atoms with E-state index in [9.17, 15) is 0 Å². The molecule has 0 spiro atoms. The van der Waals surface area contributed by atoms with Crippen molar-refractivity contribution in [2.45, 2.75) is 52.9 Å². The first-order valence-corrected chi connectivity index (χ1v) is 10.3. The third-order valence-corrected chi connectivity index (χ3v) is 5.80. The van der Waals surface area contributed by atoms with Crippen molar-refractivity contribution in [3.8, 4) is 11.1 Å². The van der Waals surface area contributed by atoms with Crippen LogP contribution in [0.3, 0.4) is 0 Å². The van der Waals surface area contributed by atoms with Crippen LogP contribution in [0.25, 0.3) is 16.7 Å². The second-order valence-corrected chi connectivity index (χ2v) is 7.89. The molecule has 0 saturated carbocycles. The summed E-state index contributed by atoms with van der Waals surface area (Å²) in [5.74, 6) is 0.623. The molecule has 1 aliphatic carbocycles. The van der Waals surface area contributed by atoms with Gasteiger partial charge in [0.05, 0.1) is 0 Å². The third kappa shape index (κ3) is 4.69. The van der Waals surface area contributed by atoms with Crippen LogP contribution in [0.5, 0.6) is 0 Å². The predicted molar refractivity (Wildman–Crippen MR) is 120 cm³/mol. The van der Waals surface area contributed by atoms with Gasteiger partial charge in [0.25, 0.3) is 0 Å². The van der Waals surface area contributed by atoms with E-state index in [0.717, 1.165) is 12.8 Å². The summed E-state index contributed by atoms with van der Waals surface area (Å²) < 4.78 is 0. The normalized spacial score (nSPS) is 17.9. The average Bonchev–Trinajstić information content (AvgIpc) is 2.70. The van der Waals surface area contributed by atoms with Crippen molar-refractivity contribution >= 4 is 5.57 Å². The molecule has 0 amide bonds. The lowest BCUT2D eigenvalue weighted by Crippen LogP contribution is -2.11. The van der Waals surface area contributed by atoms with Crippen LogP contribution < -0.4 is 0 Å². The Kier molecular flexibility index (Phi) is 6.50. The van der Waals surface area contributed by atoms with Crippen LogP contribution in [0.1, 0.15) is 58.4 Å². The second kappa shape index (κ2) is 9.04. The molecule has 140 valence electrons. The van der Waals surface area contributed by atoms with Crippen molar-refractivity contribution in [3.63, 3.8) is 0 Å². The van der Waals surface area contributed by atoms with Crippen LogP contribution >= 0.6 is 0 Å². The largest absolute Gasteiger partial charge is 0.0998 e. The summed E-state index contributed by atoms with van der Waals surface area (Å²) in [7, 11) is 0. The lowest BCUT2D eigenvalue weighted by Gasteiger charge is -2.28. The van der Waals surface area contributed by atoms with Crippen LogP contribution in [0.4, 0.5) is 0 Å². The van der Waals surface area contributed by atoms with E-state index in [2.05, 4.69) is 88.0 Å². The monoisotopic (exact) mass is 356 g/mol. The summed E-state index contributed by atoms with van der Waals surface area (Å²) in [6, 6.07) is 19.7. The van der Waals surface area contributed by atoms with Gasteiger partial charge in [-0.25, -0.2) is 0 Å². The summed E-state index contributed by atoms with van der Waals surface area (Å²) in [6.45, 7) is 11.0. The summed E-state index contributed by atoms with van der Waals surface area (Å²) in [4.78, 5) is 0. The standard InChI is InChI=1S/C27H32/c1-5-6-12-26(27-19-25(20(2)3)14-13-21(27)4)24-17-15-23(16-18-24)22-10-8-7-9-11-22/h7-12,15-18,25H,2,5-6,13-14,19H2,1,3-4H3/b26-12+/t25-/m1/s1. The van der Waals surface area contributed by atoms with Crippen LogP contribution in [0.15, 0.2) is 84.0 Å². The van der Waals surface area contributed by atoms with Gasteiger partial charge >= 0.3 is 0 Å². The number of benzene rings is 2. The van der Waals surface area contributed by atoms with E-state index < -0.39 is 0 Å². The molecule has 0 saturated heterocycles. The van der Waals surface area contributed by atoms with Gasteiger partial charge in [0.15, 0.2) is 0 Å². The average molecular weight is 357 g/mol. The van der Waals surface area contributed by atoms with E-state index >= 15 is 0 Å². The van der Waals surface area contributed by atoms with E-state index in [-0.39, 0.29) is 0 Å². The zero-order chi connectivity index (χ0) is 19.2. The Balaban J connectivity index is 1.95. The molecule has 0 heteroatoms. The SMILES string of the molecule is C=C(C)[C@@H]1CCC(C)=C(/C(=C/CCC)c2ccc(-c3ccccc3)cc2)C1. The van der Waals surface area contributed by atoms with Gasteiger partial charge in [0, 0.05) is 0 Å². The summed E-state index contributed by atoms with van der Waals surface area (Å²) in [5.41, 5.74) is 9.79. The van der Waals surface area contributed by atoms with Gasteiger partial charge in [0.2, 0.25) is 0 Å². The number of unbranched alkanes of at least 4 members (excludes halogenated alkanes) is 1. The molecule has 0 radical (unpaired) electrons. The molecule has 27 heavy (non-hydrogen) atoms. The van der Waals surface area contributed by atoms with Crippen LogP contribution in [0, 0.1) is 5.92 Å². The van der Waals surface area contributed by atoms with Gasteiger partial charge in [-0.15, -0.1) is 0 Å². The first-order valence-electron chi connectivity index (χ1n) is 10.3. The fraction of sp³-hybridized carbons (Fsp3) is 0.333. The number of hydrogen-bond acceptors (Lipinski definition) is 0. The smallest absolute Gasteiger partial charge is 0.0165 e. The van der Waals surface area contributed by atoms with Crippen molar-refractivity contribution in [3.05, 3.63) is 89.5 Å². The minimum Gasteiger partial charge on any atom is -0.0998 e. The Morgan fingerprint density at radius 3 is 2.33 bits per heavy atom. The molecule has 1 atom stereocenters. The Morgan fingerprint density at radius 2 is 1.70 bits per heavy atom. The lowest BCUT2D eigenvalue weighted by atomic mass is 9.77. The molecule has 0 N–H and O–H groups in total. The van der Waals surface area contributed by atoms with Crippen molar-refractivity contribution < 1.29 is 0 Å². The van der Waals surface area contributed by atoms with E-state index in [1.165, 1.54) is 47.1 Å².